The van der Waals surface area contributed by atoms with E-state index in [1.807, 2.05) is 26.0 Å². The Morgan fingerprint density at radius 3 is 2.38 bits per heavy atom. The number of hydrogen-bond acceptors (Lipinski definition) is 3. The first-order valence-corrected chi connectivity index (χ1v) is 6.52. The number of benzene rings is 2. The SMILES string of the molecule is Cc1ccc(N(C)c2ccc(C(N)=NO)cc2F)c(C)c1. The van der Waals surface area contributed by atoms with Crippen LogP contribution in [0.25, 0.3) is 0 Å². The van der Waals surface area contributed by atoms with Crippen LogP contribution in [0.5, 0.6) is 0 Å². The number of aryl methyl sites for hydroxylation is 2. The van der Waals surface area contributed by atoms with Crippen molar-refractivity contribution in [3.05, 3.63) is 58.9 Å². The van der Waals surface area contributed by atoms with Crippen molar-refractivity contribution < 1.29 is 9.60 Å². The number of oxime groups is 1. The maximum Gasteiger partial charge on any atom is 0.170 e. The average Bonchev–Trinajstić information content (AvgIpc) is 2.45. The average molecular weight is 287 g/mol. The second kappa shape index (κ2) is 5.83. The molecule has 0 aliphatic heterocycles. The highest BCUT2D eigenvalue weighted by Crippen LogP contribution is 2.29. The van der Waals surface area contributed by atoms with E-state index in [1.165, 1.54) is 6.07 Å². The molecule has 110 valence electrons. The number of hydrogen-bond donors (Lipinski definition) is 2. The van der Waals surface area contributed by atoms with Gasteiger partial charge < -0.3 is 15.8 Å². The van der Waals surface area contributed by atoms with E-state index in [0.717, 1.165) is 16.8 Å². The molecule has 0 atom stereocenters. The summed E-state index contributed by atoms with van der Waals surface area (Å²) in [4.78, 5) is 1.78. The van der Waals surface area contributed by atoms with Gasteiger partial charge in [0.1, 0.15) is 5.82 Å². The Kier molecular flexibility index (Phi) is 4.12. The Morgan fingerprint density at radius 1 is 1.14 bits per heavy atom. The van der Waals surface area contributed by atoms with Crippen LogP contribution < -0.4 is 10.6 Å². The van der Waals surface area contributed by atoms with Crippen molar-refractivity contribution in [1.29, 1.82) is 0 Å². The summed E-state index contributed by atoms with van der Waals surface area (Å²) in [5.41, 5.74) is 9.38. The summed E-state index contributed by atoms with van der Waals surface area (Å²) in [5, 5.41) is 11.5. The minimum absolute atomic E-state index is 0.116. The largest absolute Gasteiger partial charge is 0.409 e. The highest BCUT2D eigenvalue weighted by Gasteiger charge is 2.13. The maximum absolute atomic E-state index is 14.3. The molecule has 2 rings (SSSR count). The third-order valence-corrected chi connectivity index (χ3v) is 3.43. The third-order valence-electron chi connectivity index (χ3n) is 3.43. The lowest BCUT2D eigenvalue weighted by Crippen LogP contribution is -2.16. The Bertz CT molecular complexity index is 698. The van der Waals surface area contributed by atoms with Gasteiger partial charge in [-0.1, -0.05) is 22.9 Å². The van der Waals surface area contributed by atoms with Crippen LogP contribution in [0.15, 0.2) is 41.6 Å². The summed E-state index contributed by atoms with van der Waals surface area (Å²) >= 11 is 0. The summed E-state index contributed by atoms with van der Waals surface area (Å²) < 4.78 is 14.3. The molecule has 0 saturated carbocycles. The van der Waals surface area contributed by atoms with E-state index in [-0.39, 0.29) is 5.84 Å². The molecule has 0 aliphatic carbocycles. The zero-order valence-corrected chi connectivity index (χ0v) is 12.3. The Labute approximate surface area is 123 Å². The van der Waals surface area contributed by atoms with E-state index < -0.39 is 5.82 Å². The topological polar surface area (TPSA) is 61.8 Å². The monoisotopic (exact) mass is 287 g/mol. The van der Waals surface area contributed by atoms with Gasteiger partial charge in [0.05, 0.1) is 5.69 Å². The van der Waals surface area contributed by atoms with Crippen LogP contribution in [0.1, 0.15) is 16.7 Å². The fourth-order valence-corrected chi connectivity index (χ4v) is 2.31. The van der Waals surface area contributed by atoms with Gasteiger partial charge in [-0.3, -0.25) is 0 Å². The number of anilines is 2. The summed E-state index contributed by atoms with van der Waals surface area (Å²) in [5.74, 6) is -0.545. The van der Waals surface area contributed by atoms with Crippen LogP contribution in [0.3, 0.4) is 0 Å². The van der Waals surface area contributed by atoms with Crippen LogP contribution >= 0.6 is 0 Å². The van der Waals surface area contributed by atoms with Crippen molar-refractivity contribution in [1.82, 2.24) is 0 Å². The van der Waals surface area contributed by atoms with Gasteiger partial charge in [-0.15, -0.1) is 0 Å². The van der Waals surface area contributed by atoms with Crippen molar-refractivity contribution in [3.8, 4) is 0 Å². The molecular weight excluding hydrogens is 269 g/mol. The van der Waals surface area contributed by atoms with Gasteiger partial charge in [0, 0.05) is 18.3 Å². The standard InChI is InChI=1S/C16H18FN3O/c1-10-4-6-14(11(2)8-10)20(3)15-7-5-12(9-13(15)17)16(18)19-21/h4-9,21H,1-3H3,(H2,18,19). The van der Waals surface area contributed by atoms with Crippen molar-refractivity contribution in [2.24, 2.45) is 10.9 Å². The third kappa shape index (κ3) is 2.97. The van der Waals surface area contributed by atoms with Crippen molar-refractivity contribution in [3.63, 3.8) is 0 Å². The summed E-state index contributed by atoms with van der Waals surface area (Å²) in [6.45, 7) is 4.00. The smallest absolute Gasteiger partial charge is 0.170 e. The zero-order chi connectivity index (χ0) is 15.6. The fraction of sp³-hybridized carbons (Fsp3) is 0.188. The molecule has 0 aromatic heterocycles. The van der Waals surface area contributed by atoms with Crippen molar-refractivity contribution in [2.75, 3.05) is 11.9 Å². The Hall–Kier alpha value is -2.56. The number of rotatable bonds is 3. The van der Waals surface area contributed by atoms with Crippen LogP contribution in [-0.2, 0) is 0 Å². The molecule has 0 heterocycles. The minimum atomic E-state index is -0.429. The molecule has 0 fully saturated rings. The zero-order valence-electron chi connectivity index (χ0n) is 12.3. The quantitative estimate of drug-likeness (QED) is 0.394. The molecule has 21 heavy (non-hydrogen) atoms. The second-order valence-corrected chi connectivity index (χ2v) is 5.00. The predicted molar refractivity (Wildman–Crippen MR) is 82.9 cm³/mol. The second-order valence-electron chi connectivity index (χ2n) is 5.00. The molecule has 0 spiro atoms. The van der Waals surface area contributed by atoms with Gasteiger partial charge in [-0.2, -0.15) is 0 Å². The van der Waals surface area contributed by atoms with Gasteiger partial charge in [-0.05, 0) is 43.7 Å². The lowest BCUT2D eigenvalue weighted by molar-refractivity contribution is 0.318. The first kappa shape index (κ1) is 14.8. The summed E-state index contributed by atoms with van der Waals surface area (Å²) in [6, 6.07) is 10.5. The molecule has 0 amide bonds. The van der Waals surface area contributed by atoms with E-state index in [0.29, 0.717) is 11.3 Å². The highest BCUT2D eigenvalue weighted by molar-refractivity contribution is 5.97. The van der Waals surface area contributed by atoms with E-state index in [2.05, 4.69) is 11.2 Å². The van der Waals surface area contributed by atoms with Crippen LogP contribution in [0.2, 0.25) is 0 Å². The Morgan fingerprint density at radius 2 is 1.81 bits per heavy atom. The molecule has 0 saturated heterocycles. The number of amidine groups is 1. The molecular formula is C16H18FN3O. The Balaban J connectivity index is 2.42. The van der Waals surface area contributed by atoms with Gasteiger partial charge in [0.2, 0.25) is 0 Å². The molecule has 2 aromatic rings. The van der Waals surface area contributed by atoms with E-state index >= 15 is 0 Å². The molecule has 3 N–H and O–H groups in total. The number of halogens is 1. The molecule has 4 nitrogen and oxygen atoms in total. The number of nitrogens with zero attached hydrogens (tertiary/aromatic N) is 2. The minimum Gasteiger partial charge on any atom is -0.409 e. The van der Waals surface area contributed by atoms with Crippen LogP contribution in [0.4, 0.5) is 15.8 Å². The van der Waals surface area contributed by atoms with Crippen molar-refractivity contribution >= 4 is 17.2 Å². The molecule has 0 radical (unpaired) electrons. The lowest BCUT2D eigenvalue weighted by Gasteiger charge is -2.22. The van der Waals surface area contributed by atoms with Crippen LogP contribution in [0, 0.1) is 19.7 Å². The molecule has 5 heteroatoms. The molecule has 0 bridgehead atoms. The van der Waals surface area contributed by atoms with E-state index in [1.54, 1.807) is 24.1 Å². The van der Waals surface area contributed by atoms with Crippen molar-refractivity contribution in [2.45, 2.75) is 13.8 Å². The lowest BCUT2D eigenvalue weighted by atomic mass is 10.1. The van der Waals surface area contributed by atoms with Gasteiger partial charge in [0.15, 0.2) is 5.84 Å². The fourth-order valence-electron chi connectivity index (χ4n) is 2.31. The first-order valence-electron chi connectivity index (χ1n) is 6.52. The maximum atomic E-state index is 14.3. The molecule has 0 aliphatic rings. The number of nitrogens with two attached hydrogens (primary N) is 1. The van der Waals surface area contributed by atoms with Gasteiger partial charge >= 0.3 is 0 Å². The molecule has 2 aromatic carbocycles. The van der Waals surface area contributed by atoms with Crippen LogP contribution in [-0.4, -0.2) is 18.1 Å². The first-order chi connectivity index (χ1) is 9.93. The van der Waals surface area contributed by atoms with E-state index in [9.17, 15) is 4.39 Å². The molecule has 0 unspecified atom stereocenters. The van der Waals surface area contributed by atoms with E-state index in [4.69, 9.17) is 10.9 Å². The predicted octanol–water partition coefficient (Wildman–Crippen LogP) is 3.30. The van der Waals surface area contributed by atoms with Gasteiger partial charge in [0.25, 0.3) is 0 Å². The summed E-state index contributed by atoms with van der Waals surface area (Å²) in [7, 11) is 1.80. The normalized spacial score (nSPS) is 11.5. The summed E-state index contributed by atoms with van der Waals surface area (Å²) in [6.07, 6.45) is 0. The highest BCUT2D eigenvalue weighted by atomic mass is 19.1. The van der Waals surface area contributed by atoms with Gasteiger partial charge in [-0.25, -0.2) is 4.39 Å².